The maximum Gasteiger partial charge on any atom is -0.0000191 e. The van der Waals surface area contributed by atoms with Crippen LogP contribution in [0, 0.1) is 0 Å². The first-order valence-electron chi connectivity index (χ1n) is 6.58. The van der Waals surface area contributed by atoms with Crippen LogP contribution in [0.3, 0.4) is 0 Å². The summed E-state index contributed by atoms with van der Waals surface area (Å²) in [5, 5.41) is 0. The molecule has 0 amide bonds. The van der Waals surface area contributed by atoms with Crippen LogP contribution in [0.15, 0.2) is 66.7 Å². The lowest BCUT2D eigenvalue weighted by Crippen LogP contribution is -2.17. The average molecular weight is 234 g/mol. The number of hydrogen-bond donors (Lipinski definition) is 0. The molecule has 18 heavy (non-hydrogen) atoms. The van der Waals surface area contributed by atoms with Gasteiger partial charge in [-0.15, -0.1) is 0 Å². The van der Waals surface area contributed by atoms with E-state index in [4.69, 9.17) is 0 Å². The Bertz CT molecular complexity index is 551. The van der Waals surface area contributed by atoms with Crippen molar-refractivity contribution in [2.24, 2.45) is 0 Å². The van der Waals surface area contributed by atoms with Crippen LogP contribution < -0.4 is 0 Å². The minimum absolute atomic E-state index is 0.270. The Kier molecular flexibility index (Phi) is 2.79. The van der Waals surface area contributed by atoms with Crippen molar-refractivity contribution in [1.82, 2.24) is 0 Å². The molecule has 1 aliphatic rings. The molecule has 1 unspecified atom stereocenters. The second-order valence-corrected chi connectivity index (χ2v) is 5.40. The van der Waals surface area contributed by atoms with E-state index in [0.717, 1.165) is 12.8 Å². The summed E-state index contributed by atoms with van der Waals surface area (Å²) in [6, 6.07) is 21.6. The lowest BCUT2D eigenvalue weighted by atomic mass is 9.79. The van der Waals surface area contributed by atoms with Crippen molar-refractivity contribution in [3.63, 3.8) is 0 Å². The van der Waals surface area contributed by atoms with E-state index in [-0.39, 0.29) is 5.41 Å². The van der Waals surface area contributed by atoms with Gasteiger partial charge in [0.05, 0.1) is 0 Å². The third-order valence-corrected chi connectivity index (χ3v) is 3.99. The second-order valence-electron chi connectivity index (χ2n) is 5.40. The summed E-state index contributed by atoms with van der Waals surface area (Å²) in [7, 11) is 0. The molecule has 0 aliphatic heterocycles. The minimum Gasteiger partial charge on any atom is -0.0798 e. The van der Waals surface area contributed by atoms with Crippen LogP contribution in [0.5, 0.6) is 0 Å². The molecule has 0 N–H and O–H groups in total. The second kappa shape index (κ2) is 4.45. The number of rotatable bonds is 2. The first-order chi connectivity index (χ1) is 8.78. The molecule has 0 saturated carbocycles. The summed E-state index contributed by atoms with van der Waals surface area (Å²) in [4.78, 5) is 0. The van der Waals surface area contributed by atoms with Crippen molar-refractivity contribution in [2.75, 3.05) is 0 Å². The van der Waals surface area contributed by atoms with E-state index in [2.05, 4.69) is 73.7 Å². The van der Waals surface area contributed by atoms with E-state index in [1.165, 1.54) is 16.7 Å². The van der Waals surface area contributed by atoms with Gasteiger partial charge in [-0.25, -0.2) is 0 Å². The summed E-state index contributed by atoms with van der Waals surface area (Å²) < 4.78 is 0. The molecule has 0 aromatic heterocycles. The van der Waals surface area contributed by atoms with Crippen LogP contribution in [-0.4, -0.2) is 0 Å². The van der Waals surface area contributed by atoms with Crippen molar-refractivity contribution in [2.45, 2.75) is 25.2 Å². The highest BCUT2D eigenvalue weighted by atomic mass is 14.3. The van der Waals surface area contributed by atoms with Gasteiger partial charge < -0.3 is 0 Å². The molecule has 0 nitrogen and oxygen atoms in total. The van der Waals surface area contributed by atoms with Gasteiger partial charge >= 0.3 is 0 Å². The number of benzene rings is 2. The predicted molar refractivity (Wildman–Crippen MR) is 77.4 cm³/mol. The summed E-state index contributed by atoms with van der Waals surface area (Å²) in [6.07, 6.45) is 4.69. The Hall–Kier alpha value is -1.82. The van der Waals surface area contributed by atoms with Gasteiger partial charge in [0.25, 0.3) is 0 Å². The predicted octanol–water partition coefficient (Wildman–Crippen LogP) is 4.82. The van der Waals surface area contributed by atoms with Gasteiger partial charge in [-0.3, -0.25) is 0 Å². The van der Waals surface area contributed by atoms with E-state index in [0.29, 0.717) is 0 Å². The van der Waals surface area contributed by atoms with Crippen LogP contribution in [0.4, 0.5) is 0 Å². The summed E-state index contributed by atoms with van der Waals surface area (Å²) >= 11 is 0. The highest BCUT2D eigenvalue weighted by molar-refractivity contribution is 5.69. The van der Waals surface area contributed by atoms with Crippen LogP contribution >= 0.6 is 0 Å². The standard InChI is InChI=1S/C18H18/c1-18(17-10-6-3-7-11-17)13-12-16(14-18)15-8-4-2-5-9-15/h2-12H,13-14H2,1H3. The zero-order valence-electron chi connectivity index (χ0n) is 10.8. The van der Waals surface area contributed by atoms with Crippen molar-refractivity contribution >= 4 is 5.57 Å². The number of allylic oxidation sites excluding steroid dienone is 2. The van der Waals surface area contributed by atoms with Crippen molar-refractivity contribution in [1.29, 1.82) is 0 Å². The van der Waals surface area contributed by atoms with E-state index < -0.39 is 0 Å². The fourth-order valence-corrected chi connectivity index (χ4v) is 2.85. The maximum absolute atomic E-state index is 2.41. The normalized spacial score (nSPS) is 22.8. The first kappa shape index (κ1) is 11.3. The molecule has 3 rings (SSSR count). The molecule has 0 heterocycles. The molecular formula is C18H18. The van der Waals surface area contributed by atoms with Crippen molar-refractivity contribution < 1.29 is 0 Å². The van der Waals surface area contributed by atoms with E-state index >= 15 is 0 Å². The zero-order chi connectivity index (χ0) is 12.4. The molecule has 0 bridgehead atoms. The van der Waals surface area contributed by atoms with Gasteiger partial charge in [0.15, 0.2) is 0 Å². The molecule has 0 spiro atoms. The Labute approximate surface area is 109 Å². The van der Waals surface area contributed by atoms with Gasteiger partial charge in [-0.2, -0.15) is 0 Å². The molecule has 0 fully saturated rings. The molecule has 0 radical (unpaired) electrons. The maximum atomic E-state index is 2.41. The lowest BCUT2D eigenvalue weighted by Gasteiger charge is -2.25. The summed E-state index contributed by atoms with van der Waals surface area (Å²) in [5.41, 5.74) is 4.58. The highest BCUT2D eigenvalue weighted by Crippen LogP contribution is 2.43. The van der Waals surface area contributed by atoms with Gasteiger partial charge in [0, 0.05) is 0 Å². The third-order valence-electron chi connectivity index (χ3n) is 3.99. The van der Waals surface area contributed by atoms with Crippen molar-refractivity contribution in [3.8, 4) is 0 Å². The van der Waals surface area contributed by atoms with Gasteiger partial charge in [-0.1, -0.05) is 73.7 Å². The van der Waals surface area contributed by atoms with Crippen LogP contribution in [0.1, 0.15) is 30.9 Å². The van der Waals surface area contributed by atoms with Gasteiger partial charge in [0.1, 0.15) is 0 Å². The van der Waals surface area contributed by atoms with Crippen LogP contribution in [0.25, 0.3) is 5.57 Å². The molecule has 1 aliphatic carbocycles. The fourth-order valence-electron chi connectivity index (χ4n) is 2.85. The summed E-state index contributed by atoms with van der Waals surface area (Å²) in [5.74, 6) is 0. The smallest absolute Gasteiger partial charge is 0.0000191 e. The Balaban J connectivity index is 1.86. The Morgan fingerprint density at radius 1 is 0.833 bits per heavy atom. The zero-order valence-corrected chi connectivity index (χ0v) is 10.8. The highest BCUT2D eigenvalue weighted by Gasteiger charge is 2.31. The van der Waals surface area contributed by atoms with Crippen molar-refractivity contribution in [3.05, 3.63) is 77.9 Å². The molecule has 2 aromatic rings. The van der Waals surface area contributed by atoms with Gasteiger partial charge in [-0.05, 0) is 35.0 Å². The third kappa shape index (κ3) is 1.99. The summed E-state index contributed by atoms with van der Waals surface area (Å²) in [6.45, 7) is 2.37. The Morgan fingerprint density at radius 3 is 2.11 bits per heavy atom. The topological polar surface area (TPSA) is 0 Å². The van der Waals surface area contributed by atoms with Crippen LogP contribution in [0.2, 0.25) is 0 Å². The van der Waals surface area contributed by atoms with Crippen LogP contribution in [-0.2, 0) is 5.41 Å². The van der Waals surface area contributed by atoms with Gasteiger partial charge in [0.2, 0.25) is 0 Å². The molecule has 2 aromatic carbocycles. The molecule has 90 valence electrons. The minimum atomic E-state index is 0.270. The monoisotopic (exact) mass is 234 g/mol. The largest absolute Gasteiger partial charge is 0.0798 e. The van der Waals surface area contributed by atoms with E-state index in [1.54, 1.807) is 0 Å². The molecule has 0 saturated heterocycles. The quantitative estimate of drug-likeness (QED) is 0.698. The van der Waals surface area contributed by atoms with E-state index in [1.807, 2.05) is 0 Å². The fraction of sp³-hybridized carbons (Fsp3) is 0.222. The first-order valence-corrected chi connectivity index (χ1v) is 6.58. The Morgan fingerprint density at radius 2 is 1.44 bits per heavy atom. The average Bonchev–Trinajstić information content (AvgIpc) is 2.85. The molecule has 1 atom stereocenters. The molecule has 0 heteroatoms. The van der Waals surface area contributed by atoms with E-state index in [9.17, 15) is 0 Å². The lowest BCUT2D eigenvalue weighted by molar-refractivity contribution is 0.515. The molecular weight excluding hydrogens is 216 g/mol. The SMILES string of the molecule is CC1(c2ccccc2)CC=C(c2ccccc2)C1. The number of hydrogen-bond acceptors (Lipinski definition) is 0.